The zero-order valence-corrected chi connectivity index (χ0v) is 28.5. The second-order valence-corrected chi connectivity index (χ2v) is 12.9. The van der Waals surface area contributed by atoms with Crippen molar-refractivity contribution >= 4 is 23.6 Å². The van der Waals surface area contributed by atoms with E-state index in [-0.39, 0.29) is 31.4 Å². The Hall–Kier alpha value is -4.99. The number of carbonyl (C=O) groups is 3. The molecule has 1 aliphatic heterocycles. The van der Waals surface area contributed by atoms with Crippen LogP contribution >= 0.6 is 0 Å². The number of unbranched alkanes of at least 4 members (excludes halogenated alkanes) is 3. The van der Waals surface area contributed by atoms with Crippen molar-refractivity contribution in [1.82, 2.24) is 5.32 Å². The Bertz CT molecular complexity index is 1630. The lowest BCUT2D eigenvalue weighted by molar-refractivity contribution is -0.138. The average Bonchev–Trinajstić information content (AvgIpc) is 3.93. The van der Waals surface area contributed by atoms with Gasteiger partial charge in [0, 0.05) is 36.4 Å². The molecule has 2 aromatic carbocycles. The molecule has 0 aromatic heterocycles. The molecular weight excluding hydrogens is 638 g/mol. The summed E-state index contributed by atoms with van der Waals surface area (Å²) in [6, 6.07) is 11.4. The minimum absolute atomic E-state index is 0.00458. The number of aryl methyl sites for hydroxylation is 1. The van der Waals surface area contributed by atoms with Crippen LogP contribution in [0.15, 0.2) is 78.5 Å². The number of hydrogen-bond donors (Lipinski definition) is 3. The van der Waals surface area contributed by atoms with Crippen LogP contribution in [-0.4, -0.2) is 47.3 Å². The van der Waals surface area contributed by atoms with Gasteiger partial charge in [-0.05, 0) is 93.2 Å². The third-order valence-corrected chi connectivity index (χ3v) is 8.70. The Labute approximate surface area is 293 Å². The maximum atomic E-state index is 13.0. The minimum Gasteiger partial charge on any atom is -0.494 e. The van der Waals surface area contributed by atoms with Crippen molar-refractivity contribution in [3.8, 4) is 11.5 Å². The molecule has 266 valence electrons. The number of aliphatic carboxylic acids is 2. The average molecular weight is 686 g/mol. The molecule has 0 spiro atoms. The molecule has 3 aliphatic rings. The zero-order chi connectivity index (χ0) is 35.1. The zero-order valence-electron chi connectivity index (χ0n) is 28.5. The van der Waals surface area contributed by atoms with Gasteiger partial charge >= 0.3 is 11.9 Å². The van der Waals surface area contributed by atoms with Gasteiger partial charge in [-0.2, -0.15) is 0 Å². The first-order valence-electron chi connectivity index (χ1n) is 17.7. The lowest BCUT2D eigenvalue weighted by Gasteiger charge is -2.19. The number of nitrogens with one attached hydrogen (secondary N) is 1. The molecular formula is C40H47NO9. The molecule has 2 aromatic rings. The molecule has 1 heterocycles. The minimum atomic E-state index is -0.874. The van der Waals surface area contributed by atoms with Crippen molar-refractivity contribution in [1.29, 1.82) is 0 Å². The van der Waals surface area contributed by atoms with Gasteiger partial charge in [-0.1, -0.05) is 48.8 Å². The molecule has 0 radical (unpaired) electrons. The molecule has 0 unspecified atom stereocenters. The molecule has 10 nitrogen and oxygen atoms in total. The molecule has 1 saturated carbocycles. The highest BCUT2D eigenvalue weighted by atomic mass is 16.5. The van der Waals surface area contributed by atoms with Crippen molar-refractivity contribution in [3.63, 3.8) is 0 Å². The second-order valence-electron chi connectivity index (χ2n) is 12.9. The van der Waals surface area contributed by atoms with E-state index in [4.69, 9.17) is 24.1 Å². The molecule has 1 amide bonds. The number of hydrogen-bond acceptors (Lipinski definition) is 7. The first-order valence-corrected chi connectivity index (χ1v) is 17.7. The fourth-order valence-corrected chi connectivity index (χ4v) is 5.90. The van der Waals surface area contributed by atoms with E-state index < -0.39 is 11.9 Å². The quantitative estimate of drug-likeness (QED) is 0.112. The number of carboxylic acid groups (broad SMARTS) is 2. The number of benzene rings is 2. The fraction of sp³-hybridized carbons (Fsp3) is 0.425. The topological polar surface area (TPSA) is 141 Å². The van der Waals surface area contributed by atoms with Crippen LogP contribution in [0.1, 0.15) is 104 Å². The van der Waals surface area contributed by atoms with E-state index in [1.54, 1.807) is 18.6 Å². The van der Waals surface area contributed by atoms with Crippen LogP contribution in [0.25, 0.3) is 5.76 Å². The van der Waals surface area contributed by atoms with Crippen molar-refractivity contribution in [3.05, 3.63) is 101 Å². The number of allylic oxidation sites excluding steroid dienone is 4. The number of amides is 1. The Morgan fingerprint density at radius 3 is 2.48 bits per heavy atom. The smallest absolute Gasteiger partial charge is 0.303 e. The van der Waals surface area contributed by atoms with E-state index in [2.05, 4.69) is 23.5 Å². The van der Waals surface area contributed by atoms with E-state index in [1.165, 1.54) is 5.57 Å². The van der Waals surface area contributed by atoms with Crippen LogP contribution in [0.3, 0.4) is 0 Å². The maximum absolute atomic E-state index is 13.0. The van der Waals surface area contributed by atoms with Crippen LogP contribution in [0.2, 0.25) is 0 Å². The second kappa shape index (κ2) is 18.7. The molecule has 1 fully saturated rings. The highest BCUT2D eigenvalue weighted by molar-refractivity contribution is 5.96. The highest BCUT2D eigenvalue weighted by Gasteiger charge is 2.25. The van der Waals surface area contributed by atoms with Gasteiger partial charge < -0.3 is 34.5 Å². The van der Waals surface area contributed by atoms with E-state index in [0.29, 0.717) is 60.0 Å². The summed E-state index contributed by atoms with van der Waals surface area (Å²) in [6.45, 7) is 0.748. The van der Waals surface area contributed by atoms with Crippen molar-refractivity contribution in [2.45, 2.75) is 95.9 Å². The van der Waals surface area contributed by atoms with Crippen LogP contribution in [-0.2, 0) is 31.9 Å². The van der Waals surface area contributed by atoms with Crippen molar-refractivity contribution in [2.75, 3.05) is 13.2 Å². The van der Waals surface area contributed by atoms with Crippen LogP contribution < -0.4 is 14.8 Å². The summed E-state index contributed by atoms with van der Waals surface area (Å²) < 4.78 is 23.9. The number of carbonyl (C=O) groups excluding carboxylic acids is 1. The summed E-state index contributed by atoms with van der Waals surface area (Å²) in [5, 5.41) is 21.2. The fourth-order valence-electron chi connectivity index (χ4n) is 5.90. The molecule has 3 N–H and O–H groups in total. The molecule has 50 heavy (non-hydrogen) atoms. The Morgan fingerprint density at radius 2 is 1.70 bits per heavy atom. The van der Waals surface area contributed by atoms with Gasteiger partial charge in [0.05, 0.1) is 13.2 Å². The molecule has 0 atom stereocenters. The normalized spacial score (nSPS) is 15.2. The first-order chi connectivity index (χ1) is 24.3. The van der Waals surface area contributed by atoms with Crippen LogP contribution in [0.5, 0.6) is 11.5 Å². The van der Waals surface area contributed by atoms with E-state index in [1.807, 2.05) is 30.3 Å². The van der Waals surface area contributed by atoms with Crippen LogP contribution in [0, 0.1) is 0 Å². The first kappa shape index (κ1) is 36.3. The molecule has 5 rings (SSSR count). The molecule has 0 saturated heterocycles. The molecule has 0 bridgehead atoms. The summed E-state index contributed by atoms with van der Waals surface area (Å²) >= 11 is 0. The molecule has 2 aliphatic carbocycles. The number of carboxylic acids is 2. The van der Waals surface area contributed by atoms with Gasteiger partial charge in [-0.25, -0.2) is 0 Å². The number of rotatable bonds is 21. The lowest BCUT2D eigenvalue weighted by Crippen LogP contribution is -2.25. The monoisotopic (exact) mass is 685 g/mol. The predicted molar refractivity (Wildman–Crippen MR) is 189 cm³/mol. The third kappa shape index (κ3) is 11.9. The van der Waals surface area contributed by atoms with Crippen molar-refractivity contribution in [2.24, 2.45) is 0 Å². The summed E-state index contributed by atoms with van der Waals surface area (Å²) in [7, 11) is 0. The van der Waals surface area contributed by atoms with E-state index in [9.17, 15) is 19.5 Å². The lowest BCUT2D eigenvalue weighted by atomic mass is 9.97. The predicted octanol–water partition coefficient (Wildman–Crippen LogP) is 7.87. The summed E-state index contributed by atoms with van der Waals surface area (Å²) in [5.74, 6) is 0.573. The van der Waals surface area contributed by atoms with Crippen LogP contribution in [0.4, 0.5) is 0 Å². The van der Waals surface area contributed by atoms with Gasteiger partial charge in [-0.15, -0.1) is 0 Å². The third-order valence-electron chi connectivity index (χ3n) is 8.70. The van der Waals surface area contributed by atoms with Gasteiger partial charge in [0.1, 0.15) is 29.8 Å². The Kier molecular flexibility index (Phi) is 13.6. The summed E-state index contributed by atoms with van der Waals surface area (Å²) in [5.41, 5.74) is 4.43. The van der Waals surface area contributed by atoms with Gasteiger partial charge in [-0.3, -0.25) is 14.4 Å². The summed E-state index contributed by atoms with van der Waals surface area (Å²) in [4.78, 5) is 35.2. The van der Waals surface area contributed by atoms with E-state index in [0.717, 1.165) is 68.9 Å². The Morgan fingerprint density at radius 1 is 0.880 bits per heavy atom. The molecule has 10 heteroatoms. The summed E-state index contributed by atoms with van der Waals surface area (Å²) in [6.07, 6.45) is 19.3. The standard InChI is InChI=1S/C40H47NO9/c42-38(43)15-9-21-49-36-14-8-13-29(35(36)18-19-39(44)45)12-6-1-2-7-20-48-33-24-30(23-31(25-33)40(46)41-32-16-17-32)37-27-47-26-34(50-37)22-28-10-4-3-5-11-28/h3-4,8,10,13-14,23-27,32H,1-2,5-7,9,11-12,15-22H2,(H,41,46)(H,42,43)(H,44,45). The maximum Gasteiger partial charge on any atom is 0.303 e. The Balaban J connectivity index is 1.13. The number of ether oxygens (including phenoxy) is 4. The van der Waals surface area contributed by atoms with E-state index >= 15 is 0 Å². The largest absolute Gasteiger partial charge is 0.494 e. The SMILES string of the molecule is O=C(O)CCCOc1cccc(CCCCCCOc2cc(C(=O)NC3CC3)cc(C3=COC=C(CC4=CC=CCC4)O3)c2)c1CCC(=O)O. The van der Waals surface area contributed by atoms with Crippen molar-refractivity contribution < 1.29 is 43.5 Å². The van der Waals surface area contributed by atoms with Gasteiger partial charge in [0.2, 0.25) is 0 Å². The van der Waals surface area contributed by atoms with Gasteiger partial charge in [0.15, 0.2) is 5.76 Å². The highest BCUT2D eigenvalue weighted by Crippen LogP contribution is 2.32. The van der Waals surface area contributed by atoms with Gasteiger partial charge in [0.25, 0.3) is 5.91 Å².